The van der Waals surface area contributed by atoms with E-state index in [9.17, 15) is 4.79 Å². The molecular weight excluding hydrogens is 398 g/mol. The first kappa shape index (κ1) is 19.1. The zero-order valence-corrected chi connectivity index (χ0v) is 17.4. The van der Waals surface area contributed by atoms with Gasteiger partial charge in [0.05, 0.1) is 17.2 Å². The SMILES string of the molecule is O=c1[nH]c(CCSc2nnc(-c3ccco3)n2C2CCCCC2)nc2ccccc12. The topological polar surface area (TPSA) is 89.6 Å². The third-order valence-electron chi connectivity index (χ3n) is 5.58. The van der Waals surface area contributed by atoms with Gasteiger partial charge in [-0.1, -0.05) is 43.2 Å². The number of H-pyrrole nitrogens is 1. The van der Waals surface area contributed by atoms with Crippen molar-refractivity contribution in [2.24, 2.45) is 0 Å². The van der Waals surface area contributed by atoms with Crippen molar-refractivity contribution in [3.05, 3.63) is 58.8 Å². The predicted molar refractivity (Wildman–Crippen MR) is 117 cm³/mol. The number of hydrogen-bond donors (Lipinski definition) is 1. The molecule has 1 saturated carbocycles. The predicted octanol–water partition coefficient (Wildman–Crippen LogP) is 4.61. The lowest BCUT2D eigenvalue weighted by molar-refractivity contribution is 0.337. The molecule has 8 heteroatoms. The monoisotopic (exact) mass is 421 g/mol. The van der Waals surface area contributed by atoms with Crippen LogP contribution >= 0.6 is 11.8 Å². The molecule has 0 bridgehead atoms. The van der Waals surface area contributed by atoms with E-state index in [4.69, 9.17) is 4.42 Å². The normalized spacial score (nSPS) is 15.1. The smallest absolute Gasteiger partial charge is 0.258 e. The van der Waals surface area contributed by atoms with Crippen LogP contribution in [0.25, 0.3) is 22.5 Å². The number of nitrogens with one attached hydrogen (secondary N) is 1. The van der Waals surface area contributed by atoms with Crippen LogP contribution < -0.4 is 5.56 Å². The summed E-state index contributed by atoms with van der Waals surface area (Å²) in [4.78, 5) is 19.8. The Balaban J connectivity index is 1.37. The highest BCUT2D eigenvalue weighted by molar-refractivity contribution is 7.99. The lowest BCUT2D eigenvalue weighted by Crippen LogP contribution is -2.15. The molecule has 3 heterocycles. The third kappa shape index (κ3) is 3.79. The van der Waals surface area contributed by atoms with Gasteiger partial charge in [-0.05, 0) is 37.1 Å². The van der Waals surface area contributed by atoms with Crippen molar-refractivity contribution < 1.29 is 4.42 Å². The molecule has 0 radical (unpaired) electrons. The van der Waals surface area contributed by atoms with Gasteiger partial charge < -0.3 is 9.40 Å². The average Bonchev–Trinajstić information content (AvgIpc) is 3.44. The summed E-state index contributed by atoms with van der Waals surface area (Å²) in [6, 6.07) is 11.6. The fourth-order valence-corrected chi connectivity index (χ4v) is 5.06. The molecule has 0 atom stereocenters. The Morgan fingerprint density at radius 1 is 1.10 bits per heavy atom. The van der Waals surface area contributed by atoms with Crippen LogP contribution in [0.4, 0.5) is 0 Å². The molecular formula is C22H23N5O2S. The molecule has 0 spiro atoms. The first-order valence-electron chi connectivity index (χ1n) is 10.4. The fourth-order valence-electron chi connectivity index (χ4n) is 4.11. The number of aromatic amines is 1. The van der Waals surface area contributed by atoms with Crippen molar-refractivity contribution in [1.29, 1.82) is 0 Å². The van der Waals surface area contributed by atoms with E-state index >= 15 is 0 Å². The lowest BCUT2D eigenvalue weighted by atomic mass is 9.95. The number of nitrogens with zero attached hydrogens (tertiary/aromatic N) is 4. The largest absolute Gasteiger partial charge is 0.461 e. The maximum Gasteiger partial charge on any atom is 0.258 e. The first-order valence-corrected chi connectivity index (χ1v) is 11.4. The summed E-state index contributed by atoms with van der Waals surface area (Å²) in [6.45, 7) is 0. The summed E-state index contributed by atoms with van der Waals surface area (Å²) in [5.41, 5.74) is 0.637. The van der Waals surface area contributed by atoms with Gasteiger partial charge in [-0.2, -0.15) is 0 Å². The van der Waals surface area contributed by atoms with Crippen LogP contribution in [-0.2, 0) is 6.42 Å². The van der Waals surface area contributed by atoms with Crippen LogP contribution in [-0.4, -0.2) is 30.5 Å². The Morgan fingerprint density at radius 3 is 2.80 bits per heavy atom. The van der Waals surface area contributed by atoms with Gasteiger partial charge in [-0.3, -0.25) is 9.36 Å². The molecule has 1 fully saturated rings. The minimum Gasteiger partial charge on any atom is -0.461 e. The maximum atomic E-state index is 12.3. The van der Waals surface area contributed by atoms with E-state index < -0.39 is 0 Å². The van der Waals surface area contributed by atoms with Crippen LogP contribution in [0.5, 0.6) is 0 Å². The first-order chi connectivity index (χ1) is 14.8. The number of thioether (sulfide) groups is 1. The number of para-hydroxylation sites is 1. The molecule has 1 aliphatic carbocycles. The van der Waals surface area contributed by atoms with Gasteiger partial charge in [0.25, 0.3) is 5.56 Å². The summed E-state index contributed by atoms with van der Waals surface area (Å²) < 4.78 is 7.86. The highest BCUT2D eigenvalue weighted by Crippen LogP contribution is 2.35. The number of rotatable bonds is 6. The number of aromatic nitrogens is 5. The maximum absolute atomic E-state index is 12.3. The highest BCUT2D eigenvalue weighted by Gasteiger charge is 2.24. The number of fused-ring (bicyclic) bond motifs is 1. The van der Waals surface area contributed by atoms with Crippen molar-refractivity contribution in [1.82, 2.24) is 24.7 Å². The van der Waals surface area contributed by atoms with Crippen molar-refractivity contribution in [2.75, 3.05) is 5.75 Å². The van der Waals surface area contributed by atoms with E-state index in [0.29, 0.717) is 23.7 Å². The zero-order chi connectivity index (χ0) is 20.3. The Hall–Kier alpha value is -2.87. The molecule has 0 saturated heterocycles. The molecule has 3 aromatic heterocycles. The molecule has 30 heavy (non-hydrogen) atoms. The van der Waals surface area contributed by atoms with Gasteiger partial charge in [-0.15, -0.1) is 10.2 Å². The number of furan rings is 1. The van der Waals surface area contributed by atoms with Crippen molar-refractivity contribution in [3.8, 4) is 11.6 Å². The number of benzene rings is 1. The Labute approximate surface area is 177 Å². The molecule has 5 rings (SSSR count). The molecule has 0 aliphatic heterocycles. The zero-order valence-electron chi connectivity index (χ0n) is 16.6. The lowest BCUT2D eigenvalue weighted by Gasteiger charge is -2.25. The Bertz CT molecular complexity index is 1190. The molecule has 1 aliphatic rings. The van der Waals surface area contributed by atoms with E-state index in [1.54, 1.807) is 24.1 Å². The van der Waals surface area contributed by atoms with Crippen molar-refractivity contribution in [3.63, 3.8) is 0 Å². The minimum atomic E-state index is -0.0916. The Kier molecular flexibility index (Phi) is 5.40. The van der Waals surface area contributed by atoms with Crippen LogP contribution in [0.2, 0.25) is 0 Å². The third-order valence-corrected chi connectivity index (χ3v) is 6.52. The second kappa shape index (κ2) is 8.47. The van der Waals surface area contributed by atoms with E-state index in [1.165, 1.54) is 19.3 Å². The van der Waals surface area contributed by atoms with E-state index in [2.05, 4.69) is 24.7 Å². The van der Waals surface area contributed by atoms with E-state index in [-0.39, 0.29) is 5.56 Å². The van der Waals surface area contributed by atoms with Gasteiger partial charge in [0.2, 0.25) is 5.82 Å². The summed E-state index contributed by atoms with van der Waals surface area (Å²) in [6.07, 6.45) is 8.34. The Morgan fingerprint density at radius 2 is 1.97 bits per heavy atom. The average molecular weight is 422 g/mol. The van der Waals surface area contributed by atoms with Crippen LogP contribution in [0.15, 0.2) is 57.0 Å². The van der Waals surface area contributed by atoms with Crippen LogP contribution in [0, 0.1) is 0 Å². The molecule has 4 aromatic rings. The molecule has 7 nitrogen and oxygen atoms in total. The molecule has 0 unspecified atom stereocenters. The quantitative estimate of drug-likeness (QED) is 0.457. The van der Waals surface area contributed by atoms with Crippen molar-refractivity contribution >= 4 is 22.7 Å². The second-order valence-corrected chi connectivity index (χ2v) is 8.64. The van der Waals surface area contributed by atoms with Gasteiger partial charge in [0.15, 0.2) is 10.9 Å². The van der Waals surface area contributed by atoms with Crippen LogP contribution in [0.1, 0.15) is 44.0 Å². The van der Waals surface area contributed by atoms with Gasteiger partial charge in [0.1, 0.15) is 5.82 Å². The standard InChI is InChI=1S/C22H23N5O2S/c28-21-16-9-4-5-10-17(16)23-19(24-21)12-14-30-22-26-25-20(18-11-6-13-29-18)27(22)15-7-2-1-3-8-15/h4-6,9-11,13,15H,1-3,7-8,12,14H2,(H,23,24,28). The van der Waals surface area contributed by atoms with Crippen molar-refractivity contribution in [2.45, 2.75) is 49.7 Å². The highest BCUT2D eigenvalue weighted by atomic mass is 32.2. The number of hydrogen-bond acceptors (Lipinski definition) is 6. The summed E-state index contributed by atoms with van der Waals surface area (Å²) >= 11 is 1.65. The molecule has 0 amide bonds. The molecule has 154 valence electrons. The summed E-state index contributed by atoms with van der Waals surface area (Å²) in [7, 11) is 0. The molecule has 1 aromatic carbocycles. The minimum absolute atomic E-state index is 0.0916. The summed E-state index contributed by atoms with van der Waals surface area (Å²) in [5.74, 6) is 3.00. The fraction of sp³-hybridized carbons (Fsp3) is 0.364. The van der Waals surface area contributed by atoms with E-state index in [0.717, 1.165) is 40.9 Å². The summed E-state index contributed by atoms with van der Waals surface area (Å²) in [5, 5.41) is 10.4. The van der Waals surface area contributed by atoms with Gasteiger partial charge >= 0.3 is 0 Å². The van der Waals surface area contributed by atoms with Gasteiger partial charge in [0, 0.05) is 18.2 Å². The molecule has 1 N–H and O–H groups in total. The van der Waals surface area contributed by atoms with E-state index in [1.807, 2.05) is 30.3 Å². The second-order valence-electron chi connectivity index (χ2n) is 7.57. The van der Waals surface area contributed by atoms with Crippen LogP contribution in [0.3, 0.4) is 0 Å². The van der Waals surface area contributed by atoms with Gasteiger partial charge in [-0.25, -0.2) is 4.98 Å². The number of aryl methyl sites for hydroxylation is 1.